The zero-order chi connectivity index (χ0) is 17.9. The highest BCUT2D eigenvalue weighted by Crippen LogP contribution is 2.42. The Morgan fingerprint density at radius 2 is 1.84 bits per heavy atom. The number of nitrogens with two attached hydrogens (primary N) is 1. The maximum Gasteiger partial charge on any atom is 0.237 e. The van der Waals surface area contributed by atoms with Crippen LogP contribution in [0.2, 0.25) is 0 Å². The Bertz CT molecular complexity index is 591. The van der Waals surface area contributed by atoms with Gasteiger partial charge in [0.2, 0.25) is 5.91 Å². The second kappa shape index (κ2) is 7.79. The van der Waals surface area contributed by atoms with Gasteiger partial charge in [0, 0.05) is 30.7 Å². The molecule has 138 valence electrons. The van der Waals surface area contributed by atoms with Crippen molar-refractivity contribution in [2.45, 2.75) is 50.0 Å². The largest absolute Gasteiger partial charge is 0.381 e. The van der Waals surface area contributed by atoms with E-state index in [0.717, 1.165) is 25.7 Å². The fourth-order valence-electron chi connectivity index (χ4n) is 4.23. The summed E-state index contributed by atoms with van der Waals surface area (Å²) in [4.78, 5) is 12.5. The maximum atomic E-state index is 14.3. The van der Waals surface area contributed by atoms with Gasteiger partial charge in [-0.05, 0) is 43.7 Å². The molecule has 2 fully saturated rings. The third kappa shape index (κ3) is 3.85. The summed E-state index contributed by atoms with van der Waals surface area (Å²) < 4.78 is 34.0. The highest BCUT2D eigenvalue weighted by Gasteiger charge is 2.40. The van der Waals surface area contributed by atoms with E-state index in [0.29, 0.717) is 26.1 Å². The number of carbonyl (C=O) groups excluding carboxylic acids is 1. The van der Waals surface area contributed by atoms with Crippen LogP contribution in [0.15, 0.2) is 18.2 Å². The molecular weight excluding hydrogens is 326 g/mol. The summed E-state index contributed by atoms with van der Waals surface area (Å²) in [5, 5.41) is 2.88. The Labute approximate surface area is 147 Å². The van der Waals surface area contributed by atoms with Crippen molar-refractivity contribution in [2.75, 3.05) is 19.8 Å². The number of benzene rings is 1. The number of hydrogen-bond acceptors (Lipinski definition) is 3. The van der Waals surface area contributed by atoms with Crippen LogP contribution in [0.5, 0.6) is 0 Å². The number of rotatable bonds is 5. The van der Waals surface area contributed by atoms with Crippen molar-refractivity contribution >= 4 is 5.91 Å². The molecule has 1 atom stereocenters. The van der Waals surface area contributed by atoms with Crippen LogP contribution in [0.25, 0.3) is 0 Å². The molecule has 1 unspecified atom stereocenters. The van der Waals surface area contributed by atoms with E-state index in [1.807, 2.05) is 0 Å². The second-order valence-electron chi connectivity index (χ2n) is 7.28. The average Bonchev–Trinajstić information content (AvgIpc) is 3.09. The lowest BCUT2D eigenvalue weighted by Crippen LogP contribution is -2.50. The molecule has 0 bridgehead atoms. The topological polar surface area (TPSA) is 64.4 Å². The van der Waals surface area contributed by atoms with Gasteiger partial charge in [-0.3, -0.25) is 4.79 Å². The van der Waals surface area contributed by atoms with Crippen molar-refractivity contribution < 1.29 is 18.3 Å². The first-order valence-corrected chi connectivity index (χ1v) is 9.09. The minimum absolute atomic E-state index is 0.0958. The van der Waals surface area contributed by atoms with E-state index in [1.165, 1.54) is 18.2 Å². The number of ether oxygens (including phenoxy) is 1. The molecule has 2 aliphatic rings. The van der Waals surface area contributed by atoms with E-state index in [-0.39, 0.29) is 23.9 Å². The molecule has 1 aromatic carbocycles. The molecule has 4 nitrogen and oxygen atoms in total. The Kier molecular flexibility index (Phi) is 5.69. The molecular formula is C19H26F2N2O2. The van der Waals surface area contributed by atoms with E-state index in [2.05, 4.69) is 5.32 Å². The fraction of sp³-hybridized carbons (Fsp3) is 0.632. The Balaban J connectivity index is 1.71. The van der Waals surface area contributed by atoms with Gasteiger partial charge in [0.15, 0.2) is 0 Å². The predicted octanol–water partition coefficient (Wildman–Crippen LogP) is 2.65. The highest BCUT2D eigenvalue weighted by molar-refractivity contribution is 5.82. The molecule has 1 saturated heterocycles. The number of halogens is 2. The van der Waals surface area contributed by atoms with Crippen LogP contribution in [0.3, 0.4) is 0 Å². The van der Waals surface area contributed by atoms with Gasteiger partial charge in [0.1, 0.15) is 11.6 Å². The van der Waals surface area contributed by atoms with E-state index in [4.69, 9.17) is 10.5 Å². The van der Waals surface area contributed by atoms with Gasteiger partial charge < -0.3 is 15.8 Å². The van der Waals surface area contributed by atoms with Gasteiger partial charge in [0.25, 0.3) is 0 Å². The van der Waals surface area contributed by atoms with Crippen LogP contribution in [-0.2, 0) is 14.9 Å². The zero-order valence-corrected chi connectivity index (χ0v) is 14.4. The molecule has 0 aromatic heterocycles. The summed E-state index contributed by atoms with van der Waals surface area (Å²) in [6.45, 7) is 1.46. The van der Waals surface area contributed by atoms with E-state index >= 15 is 0 Å². The molecule has 1 saturated carbocycles. The normalized spacial score (nSPS) is 21.9. The smallest absolute Gasteiger partial charge is 0.237 e. The minimum atomic E-state index is -0.680. The second-order valence-corrected chi connectivity index (χ2v) is 7.28. The Hall–Kier alpha value is -1.53. The molecule has 1 aliphatic carbocycles. The number of hydrogen-bond donors (Lipinski definition) is 2. The minimum Gasteiger partial charge on any atom is -0.381 e. The van der Waals surface area contributed by atoms with Crippen molar-refractivity contribution in [3.8, 4) is 0 Å². The van der Waals surface area contributed by atoms with Gasteiger partial charge in [0.05, 0.1) is 6.04 Å². The van der Waals surface area contributed by atoms with Crippen molar-refractivity contribution in [3.05, 3.63) is 35.4 Å². The Morgan fingerprint density at radius 1 is 1.24 bits per heavy atom. The number of amides is 1. The summed E-state index contributed by atoms with van der Waals surface area (Å²) in [5.74, 6) is -1.22. The summed E-state index contributed by atoms with van der Waals surface area (Å²) in [6.07, 6.45) is 4.66. The lowest BCUT2D eigenvalue weighted by Gasteiger charge is -2.32. The first kappa shape index (κ1) is 18.3. The van der Waals surface area contributed by atoms with Crippen LogP contribution in [-0.4, -0.2) is 31.7 Å². The molecule has 1 aromatic rings. The molecule has 1 heterocycles. The van der Waals surface area contributed by atoms with E-state index < -0.39 is 23.1 Å². The molecule has 3 N–H and O–H groups in total. The number of carbonyl (C=O) groups is 1. The molecule has 0 spiro atoms. The molecule has 3 rings (SSSR count). The monoisotopic (exact) mass is 352 g/mol. The van der Waals surface area contributed by atoms with Crippen LogP contribution < -0.4 is 11.1 Å². The molecule has 0 radical (unpaired) electrons. The highest BCUT2D eigenvalue weighted by atomic mass is 19.1. The van der Waals surface area contributed by atoms with Gasteiger partial charge in [-0.25, -0.2) is 8.78 Å². The molecule has 6 heteroatoms. The summed E-state index contributed by atoms with van der Waals surface area (Å²) in [6, 6.07) is 3.34. The zero-order valence-electron chi connectivity index (χ0n) is 14.4. The van der Waals surface area contributed by atoms with E-state index in [1.54, 1.807) is 0 Å². The first-order chi connectivity index (χ1) is 12.0. The third-order valence-electron chi connectivity index (χ3n) is 5.73. The first-order valence-electron chi connectivity index (χ1n) is 9.09. The van der Waals surface area contributed by atoms with Crippen LogP contribution >= 0.6 is 0 Å². The standard InChI is InChI=1S/C19H26F2N2O2/c20-14-4-3-5-15(21)16(14)19(8-1-2-9-19)12-23-18(24)17(22)13-6-10-25-11-7-13/h3-5,13,17H,1-2,6-12,22H2,(H,23,24). The maximum absolute atomic E-state index is 14.3. The van der Waals surface area contributed by atoms with Gasteiger partial charge in [-0.15, -0.1) is 0 Å². The third-order valence-corrected chi connectivity index (χ3v) is 5.73. The molecule has 1 aliphatic heterocycles. The summed E-state index contributed by atoms with van der Waals surface area (Å²) in [5.41, 5.74) is 5.53. The van der Waals surface area contributed by atoms with Gasteiger partial charge >= 0.3 is 0 Å². The SMILES string of the molecule is NC(C(=O)NCC1(c2c(F)cccc2F)CCCC1)C1CCOCC1. The Morgan fingerprint density at radius 3 is 2.44 bits per heavy atom. The van der Waals surface area contributed by atoms with Crippen molar-refractivity contribution in [1.82, 2.24) is 5.32 Å². The van der Waals surface area contributed by atoms with Gasteiger partial charge in [-0.2, -0.15) is 0 Å². The average molecular weight is 352 g/mol. The summed E-state index contributed by atoms with van der Waals surface area (Å²) >= 11 is 0. The van der Waals surface area contributed by atoms with Crippen LogP contribution in [0, 0.1) is 17.6 Å². The van der Waals surface area contributed by atoms with Gasteiger partial charge in [-0.1, -0.05) is 18.9 Å². The molecule has 1 amide bonds. The number of nitrogens with one attached hydrogen (secondary N) is 1. The van der Waals surface area contributed by atoms with Crippen molar-refractivity contribution in [1.29, 1.82) is 0 Å². The molecule has 25 heavy (non-hydrogen) atoms. The van der Waals surface area contributed by atoms with Crippen molar-refractivity contribution in [3.63, 3.8) is 0 Å². The van der Waals surface area contributed by atoms with Crippen LogP contribution in [0.1, 0.15) is 44.1 Å². The lowest BCUT2D eigenvalue weighted by atomic mass is 9.78. The van der Waals surface area contributed by atoms with Crippen LogP contribution in [0.4, 0.5) is 8.78 Å². The summed E-state index contributed by atoms with van der Waals surface area (Å²) in [7, 11) is 0. The van der Waals surface area contributed by atoms with Crippen molar-refractivity contribution in [2.24, 2.45) is 11.7 Å². The lowest BCUT2D eigenvalue weighted by molar-refractivity contribution is -0.124. The quantitative estimate of drug-likeness (QED) is 0.856. The predicted molar refractivity (Wildman–Crippen MR) is 91.0 cm³/mol. The van der Waals surface area contributed by atoms with E-state index in [9.17, 15) is 13.6 Å². The fourth-order valence-corrected chi connectivity index (χ4v) is 4.23.